The Labute approximate surface area is 170 Å². The molecule has 0 radical (unpaired) electrons. The number of hydrogen-bond acceptors (Lipinski definition) is 4. The number of amides is 1. The van der Waals surface area contributed by atoms with Crippen LogP contribution in [0.4, 0.5) is 5.69 Å². The van der Waals surface area contributed by atoms with Crippen LogP contribution in [0.5, 0.6) is 0 Å². The first kappa shape index (κ1) is 18.4. The highest BCUT2D eigenvalue weighted by molar-refractivity contribution is 7.90. The normalized spacial score (nSPS) is 20.8. The van der Waals surface area contributed by atoms with Gasteiger partial charge in [0.2, 0.25) is 5.91 Å². The number of likely N-dealkylation sites (tertiary alicyclic amines) is 1. The summed E-state index contributed by atoms with van der Waals surface area (Å²) in [5, 5.41) is 0. The molecule has 0 aliphatic carbocycles. The maximum Gasteiger partial charge on any atom is 0.285 e. The van der Waals surface area contributed by atoms with Crippen LogP contribution in [-0.2, 0) is 21.2 Å². The molecule has 0 unspecified atom stereocenters. The molecule has 6 nitrogen and oxygen atoms in total. The molecule has 1 amide bonds. The second-order valence-corrected chi connectivity index (χ2v) is 9.44. The average molecular weight is 410 g/mol. The van der Waals surface area contributed by atoms with E-state index in [-0.39, 0.29) is 16.7 Å². The molecule has 1 fully saturated rings. The summed E-state index contributed by atoms with van der Waals surface area (Å²) in [6, 6.07) is 15.1. The summed E-state index contributed by atoms with van der Waals surface area (Å²) in [6.07, 6.45) is 3.43. The maximum absolute atomic E-state index is 13.2. The first-order valence-corrected chi connectivity index (χ1v) is 11.6. The molecule has 0 atom stereocenters. The van der Waals surface area contributed by atoms with Crippen molar-refractivity contribution in [3.8, 4) is 0 Å². The van der Waals surface area contributed by atoms with Gasteiger partial charge in [-0.2, -0.15) is 8.42 Å². The van der Waals surface area contributed by atoms with Crippen LogP contribution in [0.15, 0.2) is 57.8 Å². The lowest BCUT2D eigenvalue weighted by atomic mass is 9.92. The van der Waals surface area contributed by atoms with Crippen molar-refractivity contribution in [3.05, 3.63) is 59.7 Å². The van der Waals surface area contributed by atoms with Gasteiger partial charge in [0.15, 0.2) is 5.84 Å². The van der Waals surface area contributed by atoms with Gasteiger partial charge in [-0.05, 0) is 49.4 Å². The molecule has 0 bridgehead atoms. The number of anilines is 1. The zero-order valence-electron chi connectivity index (χ0n) is 16.1. The van der Waals surface area contributed by atoms with Crippen molar-refractivity contribution in [2.24, 2.45) is 10.3 Å². The number of rotatable bonds is 1. The molecule has 2 aromatic rings. The lowest BCUT2D eigenvalue weighted by Gasteiger charge is -2.37. The van der Waals surface area contributed by atoms with Crippen LogP contribution in [0.25, 0.3) is 0 Å². The number of fused-ring (bicyclic) bond motifs is 2. The molecule has 2 aromatic carbocycles. The van der Waals surface area contributed by atoms with Crippen LogP contribution in [0.2, 0.25) is 0 Å². The highest BCUT2D eigenvalue weighted by Gasteiger charge is 2.36. The Balaban J connectivity index is 1.31. The van der Waals surface area contributed by atoms with E-state index in [1.807, 2.05) is 34.1 Å². The number of benzene rings is 2. The Morgan fingerprint density at radius 2 is 1.69 bits per heavy atom. The molecular weight excluding hydrogens is 386 g/mol. The summed E-state index contributed by atoms with van der Waals surface area (Å²) < 4.78 is 28.7. The summed E-state index contributed by atoms with van der Waals surface area (Å²) in [4.78, 5) is 17.5. The molecular formula is C22H23N3O3S. The number of carbonyl (C=O) groups is 1. The van der Waals surface area contributed by atoms with E-state index >= 15 is 0 Å². The van der Waals surface area contributed by atoms with Crippen LogP contribution in [0.1, 0.15) is 30.4 Å². The van der Waals surface area contributed by atoms with Gasteiger partial charge in [0.25, 0.3) is 10.0 Å². The first-order valence-electron chi connectivity index (χ1n) is 10.1. The van der Waals surface area contributed by atoms with Crippen LogP contribution in [-0.4, -0.2) is 44.7 Å². The maximum atomic E-state index is 13.2. The molecule has 3 aliphatic heterocycles. The van der Waals surface area contributed by atoms with Gasteiger partial charge in [-0.25, -0.2) is 0 Å². The van der Waals surface area contributed by atoms with Crippen molar-refractivity contribution < 1.29 is 13.2 Å². The van der Waals surface area contributed by atoms with Crippen LogP contribution in [0, 0.1) is 5.92 Å². The minimum atomic E-state index is -3.61. The molecule has 29 heavy (non-hydrogen) atoms. The fourth-order valence-electron chi connectivity index (χ4n) is 4.64. The topological polar surface area (TPSA) is 70.0 Å². The highest BCUT2D eigenvalue weighted by Crippen LogP contribution is 2.32. The number of nitrogens with zero attached hydrogens (tertiary/aromatic N) is 3. The fourth-order valence-corrected chi connectivity index (χ4v) is 5.87. The number of sulfonamides is 1. The first-order chi connectivity index (χ1) is 14.0. The monoisotopic (exact) mass is 409 g/mol. The number of amidine groups is 1. The molecule has 3 heterocycles. The molecule has 5 rings (SSSR count). The van der Waals surface area contributed by atoms with E-state index in [0.29, 0.717) is 37.3 Å². The van der Waals surface area contributed by atoms with Gasteiger partial charge in [-0.3, -0.25) is 4.79 Å². The Kier molecular flexibility index (Phi) is 4.42. The van der Waals surface area contributed by atoms with E-state index in [2.05, 4.69) is 10.5 Å². The molecule has 0 saturated carbocycles. The number of piperidine rings is 1. The van der Waals surface area contributed by atoms with E-state index < -0.39 is 10.0 Å². The van der Waals surface area contributed by atoms with E-state index in [9.17, 15) is 13.2 Å². The van der Waals surface area contributed by atoms with Crippen molar-refractivity contribution in [3.63, 3.8) is 0 Å². The second-order valence-electron chi connectivity index (χ2n) is 7.87. The number of hydrogen-bond donors (Lipinski definition) is 0. The van der Waals surface area contributed by atoms with Crippen LogP contribution in [0.3, 0.4) is 0 Å². The van der Waals surface area contributed by atoms with Crippen molar-refractivity contribution in [1.29, 1.82) is 0 Å². The number of para-hydroxylation sites is 1. The summed E-state index contributed by atoms with van der Waals surface area (Å²) >= 11 is 0. The molecule has 0 N–H and O–H groups in total. The third-order valence-electron chi connectivity index (χ3n) is 6.13. The zero-order chi connectivity index (χ0) is 20.0. The molecule has 3 aliphatic rings. The van der Waals surface area contributed by atoms with Gasteiger partial charge in [0, 0.05) is 36.8 Å². The number of carbonyl (C=O) groups excluding carboxylic acids is 1. The summed E-state index contributed by atoms with van der Waals surface area (Å²) in [6.45, 7) is 2.04. The predicted molar refractivity (Wildman–Crippen MR) is 112 cm³/mol. The van der Waals surface area contributed by atoms with Crippen molar-refractivity contribution in [2.75, 3.05) is 24.5 Å². The van der Waals surface area contributed by atoms with Gasteiger partial charge in [-0.15, -0.1) is 4.40 Å². The van der Waals surface area contributed by atoms with Gasteiger partial charge in [-0.1, -0.05) is 30.3 Å². The highest BCUT2D eigenvalue weighted by atomic mass is 32.2. The van der Waals surface area contributed by atoms with Gasteiger partial charge in [0.05, 0.1) is 0 Å². The Morgan fingerprint density at radius 3 is 2.52 bits per heavy atom. The SMILES string of the molecule is O=C(C1CCN(C2=NS(=O)(=O)c3ccccc32)CC1)N1CCCc2ccccc21. The largest absolute Gasteiger partial charge is 0.355 e. The molecule has 7 heteroatoms. The standard InChI is InChI=1S/C22H23N3O3S/c26-22(25-13-5-7-16-6-1-3-9-19(16)25)17-11-14-24(15-12-17)21-18-8-2-4-10-20(18)29(27,28)23-21/h1-4,6,8-10,17H,5,7,11-15H2. The smallest absolute Gasteiger partial charge is 0.285 e. The van der Waals surface area contributed by atoms with Gasteiger partial charge in [0.1, 0.15) is 4.90 Å². The summed E-state index contributed by atoms with van der Waals surface area (Å²) in [5.41, 5.74) is 2.96. The Morgan fingerprint density at radius 1 is 0.966 bits per heavy atom. The molecule has 0 spiro atoms. The van der Waals surface area contributed by atoms with E-state index in [4.69, 9.17) is 0 Å². The molecule has 0 aromatic heterocycles. The zero-order valence-corrected chi connectivity index (χ0v) is 16.9. The quantitative estimate of drug-likeness (QED) is 0.726. The van der Waals surface area contributed by atoms with E-state index in [1.165, 1.54) is 5.56 Å². The third-order valence-corrected chi connectivity index (χ3v) is 7.46. The van der Waals surface area contributed by atoms with Crippen molar-refractivity contribution in [2.45, 2.75) is 30.6 Å². The molecule has 150 valence electrons. The van der Waals surface area contributed by atoms with Gasteiger partial charge < -0.3 is 9.80 Å². The minimum absolute atomic E-state index is 0.0359. The average Bonchev–Trinajstić information content (AvgIpc) is 3.04. The van der Waals surface area contributed by atoms with Crippen molar-refractivity contribution >= 4 is 27.5 Å². The summed E-state index contributed by atoms with van der Waals surface area (Å²) in [5.74, 6) is 0.680. The van der Waals surface area contributed by atoms with E-state index in [0.717, 1.165) is 25.1 Å². The lowest BCUT2D eigenvalue weighted by Crippen LogP contribution is -2.45. The summed E-state index contributed by atoms with van der Waals surface area (Å²) in [7, 11) is -3.61. The van der Waals surface area contributed by atoms with Crippen LogP contribution >= 0.6 is 0 Å². The number of aryl methyl sites for hydroxylation is 1. The third kappa shape index (κ3) is 3.13. The predicted octanol–water partition coefficient (Wildman–Crippen LogP) is 2.83. The molecule has 1 saturated heterocycles. The fraction of sp³-hybridized carbons (Fsp3) is 0.364. The van der Waals surface area contributed by atoms with Gasteiger partial charge >= 0.3 is 0 Å². The Bertz CT molecular complexity index is 1100. The second kappa shape index (κ2) is 6.99. The van der Waals surface area contributed by atoms with Crippen LogP contribution < -0.4 is 4.90 Å². The van der Waals surface area contributed by atoms with Crippen molar-refractivity contribution in [1.82, 2.24) is 4.90 Å². The van der Waals surface area contributed by atoms with E-state index in [1.54, 1.807) is 18.2 Å². The Hall–Kier alpha value is -2.67. The lowest BCUT2D eigenvalue weighted by molar-refractivity contribution is -0.123. The minimum Gasteiger partial charge on any atom is -0.355 e.